The Morgan fingerprint density at radius 2 is 1.59 bits per heavy atom. The molecule has 0 bridgehead atoms. The van der Waals surface area contributed by atoms with Crippen molar-refractivity contribution in [2.45, 2.75) is 57.4 Å². The number of phenolic OH excluding ortho intramolecular Hbond substituents is 1. The third-order valence-electron chi connectivity index (χ3n) is 10.8. The van der Waals surface area contributed by atoms with Crippen molar-refractivity contribution in [1.29, 1.82) is 0 Å². The zero-order chi connectivity index (χ0) is 35.2. The van der Waals surface area contributed by atoms with Crippen molar-refractivity contribution in [2.24, 2.45) is 23.7 Å². The largest absolute Gasteiger partial charge is 0.503 e. The molecule has 3 fully saturated rings. The van der Waals surface area contributed by atoms with E-state index in [0.29, 0.717) is 32.2 Å². The van der Waals surface area contributed by atoms with Crippen LogP contribution in [0.3, 0.4) is 0 Å². The van der Waals surface area contributed by atoms with Crippen molar-refractivity contribution in [3.05, 3.63) is 97.9 Å². The number of anilines is 1. The van der Waals surface area contributed by atoms with Crippen molar-refractivity contribution in [3.8, 4) is 11.5 Å². The summed E-state index contributed by atoms with van der Waals surface area (Å²) in [4.78, 5) is 59.7. The normalized spacial score (nSPS) is 27.9. The number of hydrogen-bond donors (Lipinski definition) is 2. The number of allylic oxidation sites excluding steroid dienone is 2. The average Bonchev–Trinajstić information content (AvgIpc) is 3.46. The first-order valence-corrected chi connectivity index (χ1v) is 17.9. The predicted octanol–water partition coefficient (Wildman–Crippen LogP) is 7.02. The van der Waals surface area contributed by atoms with Gasteiger partial charge in [0.1, 0.15) is 0 Å². The number of likely N-dealkylation sites (tertiary alicyclic amines) is 1. The molecule has 4 aliphatic rings. The second-order valence-electron chi connectivity index (χ2n) is 14.4. The number of imide groups is 2. The number of hydrazine groups is 1. The molecule has 2 aliphatic carbocycles. The first kappa shape index (κ1) is 33.5. The van der Waals surface area contributed by atoms with Crippen LogP contribution >= 0.6 is 31.9 Å². The molecule has 0 unspecified atom stereocenters. The second-order valence-corrected chi connectivity index (χ2v) is 16.0. The summed E-state index contributed by atoms with van der Waals surface area (Å²) >= 11 is 7.25. The second kappa shape index (κ2) is 11.8. The Bertz CT molecular complexity index is 1940. The van der Waals surface area contributed by atoms with Gasteiger partial charge in [-0.05, 0) is 108 Å². The van der Waals surface area contributed by atoms with E-state index in [1.54, 1.807) is 6.07 Å². The minimum atomic E-state index is -1.45. The number of nitrogens with zero attached hydrogens (tertiary/aromatic N) is 2. The number of rotatable bonds is 5. The molecule has 11 heteroatoms. The van der Waals surface area contributed by atoms with E-state index in [2.05, 4.69) is 37.3 Å². The molecule has 9 nitrogen and oxygen atoms in total. The Morgan fingerprint density at radius 3 is 2.22 bits per heavy atom. The fourth-order valence-electron chi connectivity index (χ4n) is 8.73. The highest BCUT2D eigenvalue weighted by molar-refractivity contribution is 9.13. The van der Waals surface area contributed by atoms with Crippen molar-refractivity contribution >= 4 is 61.2 Å². The number of aromatic hydroxyl groups is 1. The summed E-state index contributed by atoms with van der Waals surface area (Å²) in [6.45, 7) is 7.51. The van der Waals surface area contributed by atoms with E-state index in [9.17, 15) is 19.5 Å². The molecular formula is C38H37Br2N3O6. The number of carbonyl (C=O) groups is 4. The van der Waals surface area contributed by atoms with Crippen LogP contribution in [0.1, 0.15) is 56.2 Å². The van der Waals surface area contributed by atoms with Gasteiger partial charge in [0.25, 0.3) is 11.8 Å². The summed E-state index contributed by atoms with van der Waals surface area (Å²) in [5.41, 5.74) is 4.62. The van der Waals surface area contributed by atoms with E-state index in [4.69, 9.17) is 4.74 Å². The highest BCUT2D eigenvalue weighted by Crippen LogP contribution is 2.65. The van der Waals surface area contributed by atoms with Gasteiger partial charge in [0.2, 0.25) is 11.8 Å². The van der Waals surface area contributed by atoms with Crippen LogP contribution in [0.2, 0.25) is 0 Å². The number of methoxy groups -OCH3 is 1. The molecule has 0 spiro atoms. The summed E-state index contributed by atoms with van der Waals surface area (Å²) in [5.74, 6) is -4.69. The number of fused-ring (bicyclic) bond motifs is 4. The molecule has 2 heterocycles. The number of aryl methyl sites for hydroxylation is 1. The minimum absolute atomic E-state index is 0.123. The van der Waals surface area contributed by atoms with Gasteiger partial charge in [-0.2, -0.15) is 5.01 Å². The minimum Gasteiger partial charge on any atom is -0.503 e. The van der Waals surface area contributed by atoms with Crippen molar-refractivity contribution in [1.82, 2.24) is 9.91 Å². The van der Waals surface area contributed by atoms with Gasteiger partial charge in [0, 0.05) is 15.9 Å². The van der Waals surface area contributed by atoms with E-state index in [-0.39, 0.29) is 29.7 Å². The van der Waals surface area contributed by atoms with E-state index in [1.807, 2.05) is 88.4 Å². The maximum Gasteiger partial charge on any atom is 0.260 e. The first-order valence-electron chi connectivity index (χ1n) is 16.3. The number of benzene rings is 3. The molecule has 7 rings (SSSR count). The quantitative estimate of drug-likeness (QED) is 0.211. The van der Waals surface area contributed by atoms with Gasteiger partial charge in [0.15, 0.2) is 11.5 Å². The van der Waals surface area contributed by atoms with Gasteiger partial charge in [-0.1, -0.05) is 59.7 Å². The SMILES string of the molecule is COc1cc([C@H]2C3=CC[C@@H]4C(=O)N(C(C)(C)C)C(=O)[C@@H]4[C@@H]3C[C@H]3C(=O)N(Nc4ccc(C)cc4)C(=O)[C@@]23c2ccccc2)c(Br)c(Br)c1O. The Hall–Kier alpha value is -3.96. The lowest BCUT2D eigenvalue weighted by Crippen LogP contribution is -2.53. The van der Waals surface area contributed by atoms with Crippen LogP contribution in [0.4, 0.5) is 5.69 Å². The summed E-state index contributed by atoms with van der Waals surface area (Å²) in [5, 5.41) is 12.1. The van der Waals surface area contributed by atoms with Gasteiger partial charge in [-0.15, -0.1) is 0 Å². The third-order valence-corrected chi connectivity index (χ3v) is 12.9. The molecule has 0 radical (unpaired) electrons. The summed E-state index contributed by atoms with van der Waals surface area (Å²) in [6.07, 6.45) is 2.53. The number of ether oxygens (including phenoxy) is 1. The number of amides is 4. The molecule has 2 aliphatic heterocycles. The zero-order valence-electron chi connectivity index (χ0n) is 27.8. The summed E-state index contributed by atoms with van der Waals surface area (Å²) < 4.78 is 6.43. The first-order chi connectivity index (χ1) is 23.2. The molecule has 0 aromatic heterocycles. The fraction of sp³-hybridized carbons (Fsp3) is 0.368. The highest BCUT2D eigenvalue weighted by Gasteiger charge is 2.71. The molecule has 4 amide bonds. The topological polar surface area (TPSA) is 116 Å². The van der Waals surface area contributed by atoms with Crippen molar-refractivity contribution in [3.63, 3.8) is 0 Å². The molecule has 254 valence electrons. The Morgan fingerprint density at radius 1 is 0.918 bits per heavy atom. The zero-order valence-corrected chi connectivity index (χ0v) is 31.0. The maximum atomic E-state index is 15.3. The number of phenols is 1. The molecule has 3 aromatic rings. The maximum absolute atomic E-state index is 15.3. The lowest BCUT2D eigenvalue weighted by Gasteiger charge is -2.51. The van der Waals surface area contributed by atoms with Gasteiger partial charge in [-0.3, -0.25) is 29.5 Å². The molecule has 1 saturated carbocycles. The molecule has 2 saturated heterocycles. The van der Waals surface area contributed by atoms with Crippen LogP contribution in [-0.2, 0) is 24.6 Å². The van der Waals surface area contributed by atoms with E-state index >= 15 is 4.79 Å². The summed E-state index contributed by atoms with van der Waals surface area (Å²) in [7, 11) is 1.45. The molecule has 3 aromatic carbocycles. The van der Waals surface area contributed by atoms with Crippen LogP contribution in [-0.4, -0.2) is 51.3 Å². The van der Waals surface area contributed by atoms with Gasteiger partial charge < -0.3 is 9.84 Å². The van der Waals surface area contributed by atoms with E-state index in [1.165, 1.54) is 12.0 Å². The smallest absolute Gasteiger partial charge is 0.260 e. The van der Waals surface area contributed by atoms with Gasteiger partial charge in [-0.25, -0.2) is 0 Å². The van der Waals surface area contributed by atoms with Crippen LogP contribution in [0, 0.1) is 30.6 Å². The fourth-order valence-corrected chi connectivity index (χ4v) is 9.69. The van der Waals surface area contributed by atoms with Gasteiger partial charge >= 0.3 is 0 Å². The van der Waals surface area contributed by atoms with Crippen LogP contribution < -0.4 is 10.2 Å². The number of carbonyl (C=O) groups excluding carboxylic acids is 4. The number of nitrogens with one attached hydrogen (secondary N) is 1. The standard InChI is InChI=1S/C38H37Br2N3O6/c1-19-11-13-21(14-12-19)41-43-34(46)26-17-24-22(15-16-23-28(24)35(47)42(33(23)45)37(2,3)4)29(25-18-27(49-5)32(44)31(40)30(25)39)38(26,36(43)48)20-9-7-6-8-10-20/h6-15,18,23-24,26,28-29,41,44H,16-17H2,1-5H3/t23-,24+,26-,28-,29+,38+/m0/s1. The lowest BCUT2D eigenvalue weighted by atomic mass is 9.49. The number of hydrogen-bond acceptors (Lipinski definition) is 7. The molecule has 2 N–H and O–H groups in total. The Labute approximate surface area is 301 Å². The highest BCUT2D eigenvalue weighted by atomic mass is 79.9. The molecule has 49 heavy (non-hydrogen) atoms. The Balaban J connectivity index is 1.50. The predicted molar refractivity (Wildman–Crippen MR) is 190 cm³/mol. The van der Waals surface area contributed by atoms with Gasteiger partial charge in [0.05, 0.1) is 40.4 Å². The molecular weight excluding hydrogens is 754 g/mol. The van der Waals surface area contributed by atoms with Crippen LogP contribution in [0.5, 0.6) is 11.5 Å². The van der Waals surface area contributed by atoms with Crippen molar-refractivity contribution < 1.29 is 29.0 Å². The average molecular weight is 792 g/mol. The third kappa shape index (κ3) is 4.82. The monoisotopic (exact) mass is 789 g/mol. The van der Waals surface area contributed by atoms with Crippen molar-refractivity contribution in [2.75, 3.05) is 12.5 Å². The van der Waals surface area contributed by atoms with E-state index in [0.717, 1.165) is 16.1 Å². The lowest BCUT2D eigenvalue weighted by molar-refractivity contribution is -0.146. The summed E-state index contributed by atoms with van der Waals surface area (Å²) in [6, 6.07) is 18.5. The Kier molecular flexibility index (Phi) is 8.10. The number of halogens is 2. The van der Waals surface area contributed by atoms with Crippen LogP contribution in [0.15, 0.2) is 81.3 Å². The molecule has 6 atom stereocenters. The van der Waals surface area contributed by atoms with Crippen LogP contribution in [0.25, 0.3) is 0 Å². The van der Waals surface area contributed by atoms with E-state index < -0.39 is 52.4 Å².